The predicted octanol–water partition coefficient (Wildman–Crippen LogP) is 5.41. The van der Waals surface area contributed by atoms with E-state index in [4.69, 9.17) is 27.9 Å². The van der Waals surface area contributed by atoms with Gasteiger partial charge in [-0.15, -0.1) is 0 Å². The highest BCUT2D eigenvalue weighted by Gasteiger charge is 2.19. The molecular formula is C18H19Cl2NO2. The van der Waals surface area contributed by atoms with Crippen LogP contribution in [0.3, 0.4) is 0 Å². The van der Waals surface area contributed by atoms with E-state index in [-0.39, 0.29) is 5.91 Å². The zero-order chi connectivity index (χ0) is 17.0. The molecule has 1 atom stereocenters. The van der Waals surface area contributed by atoms with Gasteiger partial charge < -0.3 is 10.1 Å². The van der Waals surface area contributed by atoms with Crippen LogP contribution >= 0.6 is 23.2 Å². The van der Waals surface area contributed by atoms with Crippen LogP contribution < -0.4 is 10.1 Å². The first-order chi connectivity index (χ1) is 10.9. The van der Waals surface area contributed by atoms with Gasteiger partial charge in [0.25, 0.3) is 5.91 Å². The number of amides is 1. The molecule has 1 amide bonds. The van der Waals surface area contributed by atoms with Crippen molar-refractivity contribution in [3.8, 4) is 5.75 Å². The van der Waals surface area contributed by atoms with Crippen molar-refractivity contribution in [2.24, 2.45) is 0 Å². The topological polar surface area (TPSA) is 38.3 Å². The summed E-state index contributed by atoms with van der Waals surface area (Å²) in [6.45, 7) is 5.71. The number of carbonyl (C=O) groups is 1. The number of rotatable bonds is 5. The minimum atomic E-state index is -0.589. The number of halogens is 2. The van der Waals surface area contributed by atoms with Gasteiger partial charge in [0.1, 0.15) is 5.75 Å². The Morgan fingerprint density at radius 3 is 2.52 bits per heavy atom. The molecule has 122 valence electrons. The molecule has 0 fully saturated rings. The standard InChI is InChI=1S/C18H19Cl2NO2/c1-4-17(23-14-7-8-15(20)12(3)9-14)18(22)21-16-10-13(19)6-5-11(16)2/h5-10,17H,4H2,1-3H3,(H,21,22). The minimum absolute atomic E-state index is 0.203. The zero-order valence-electron chi connectivity index (χ0n) is 13.3. The van der Waals surface area contributed by atoms with Gasteiger partial charge in [-0.3, -0.25) is 4.79 Å². The van der Waals surface area contributed by atoms with Crippen LogP contribution in [0.4, 0.5) is 5.69 Å². The summed E-state index contributed by atoms with van der Waals surface area (Å²) in [6, 6.07) is 10.7. The van der Waals surface area contributed by atoms with E-state index in [1.54, 1.807) is 24.3 Å². The lowest BCUT2D eigenvalue weighted by molar-refractivity contribution is -0.122. The fourth-order valence-corrected chi connectivity index (χ4v) is 2.41. The maximum atomic E-state index is 12.5. The minimum Gasteiger partial charge on any atom is -0.481 e. The summed E-state index contributed by atoms with van der Waals surface area (Å²) >= 11 is 12.0. The lowest BCUT2D eigenvalue weighted by Crippen LogP contribution is -2.32. The van der Waals surface area contributed by atoms with E-state index < -0.39 is 6.10 Å². The van der Waals surface area contributed by atoms with Gasteiger partial charge in [-0.05, 0) is 61.7 Å². The Morgan fingerprint density at radius 1 is 1.13 bits per heavy atom. The lowest BCUT2D eigenvalue weighted by atomic mass is 10.2. The first-order valence-corrected chi connectivity index (χ1v) is 8.16. The van der Waals surface area contributed by atoms with E-state index in [1.165, 1.54) is 0 Å². The van der Waals surface area contributed by atoms with Gasteiger partial charge in [0.15, 0.2) is 6.10 Å². The first-order valence-electron chi connectivity index (χ1n) is 7.40. The average molecular weight is 352 g/mol. The number of aryl methyl sites for hydroxylation is 2. The van der Waals surface area contributed by atoms with Crippen molar-refractivity contribution >= 4 is 34.8 Å². The first kappa shape index (κ1) is 17.6. The number of ether oxygens (including phenoxy) is 1. The second-order valence-electron chi connectivity index (χ2n) is 5.37. The summed E-state index contributed by atoms with van der Waals surface area (Å²) in [5.74, 6) is 0.419. The molecule has 0 heterocycles. The summed E-state index contributed by atoms with van der Waals surface area (Å²) in [6.07, 6.45) is -0.0402. The quantitative estimate of drug-likeness (QED) is 0.782. The van der Waals surface area contributed by atoms with Gasteiger partial charge in [0.2, 0.25) is 0 Å². The van der Waals surface area contributed by atoms with E-state index >= 15 is 0 Å². The second kappa shape index (κ2) is 7.71. The van der Waals surface area contributed by atoms with E-state index in [9.17, 15) is 4.79 Å². The zero-order valence-corrected chi connectivity index (χ0v) is 14.8. The van der Waals surface area contributed by atoms with Crippen LogP contribution in [0, 0.1) is 13.8 Å². The normalized spacial score (nSPS) is 11.9. The van der Waals surface area contributed by atoms with Crippen molar-refractivity contribution in [2.45, 2.75) is 33.3 Å². The van der Waals surface area contributed by atoms with Crippen LogP contribution in [0.1, 0.15) is 24.5 Å². The Balaban J connectivity index is 2.11. The largest absolute Gasteiger partial charge is 0.481 e. The second-order valence-corrected chi connectivity index (χ2v) is 6.22. The molecule has 0 aliphatic heterocycles. The molecule has 0 spiro atoms. The van der Waals surface area contributed by atoms with Crippen LogP contribution in [0.5, 0.6) is 5.75 Å². The van der Waals surface area contributed by atoms with Gasteiger partial charge in [0.05, 0.1) is 0 Å². The van der Waals surface area contributed by atoms with Crippen LogP contribution in [-0.2, 0) is 4.79 Å². The van der Waals surface area contributed by atoms with Crippen LogP contribution in [-0.4, -0.2) is 12.0 Å². The molecule has 23 heavy (non-hydrogen) atoms. The summed E-state index contributed by atoms with van der Waals surface area (Å²) < 4.78 is 5.80. The third-order valence-electron chi connectivity index (χ3n) is 3.53. The third kappa shape index (κ3) is 4.63. The van der Waals surface area contributed by atoms with Crippen molar-refractivity contribution in [1.29, 1.82) is 0 Å². The van der Waals surface area contributed by atoms with Gasteiger partial charge in [-0.1, -0.05) is 36.2 Å². The summed E-state index contributed by atoms with van der Waals surface area (Å²) in [5, 5.41) is 4.12. The molecule has 0 aliphatic rings. The third-order valence-corrected chi connectivity index (χ3v) is 4.19. The Labute approximate surface area is 146 Å². The number of benzene rings is 2. The SMILES string of the molecule is CCC(Oc1ccc(Cl)c(C)c1)C(=O)Nc1cc(Cl)ccc1C. The van der Waals surface area contributed by atoms with Gasteiger partial charge >= 0.3 is 0 Å². The maximum absolute atomic E-state index is 12.5. The fraction of sp³-hybridized carbons (Fsp3) is 0.278. The van der Waals surface area contributed by atoms with Gasteiger partial charge in [-0.25, -0.2) is 0 Å². The highest BCUT2D eigenvalue weighted by atomic mass is 35.5. The molecule has 5 heteroatoms. The summed E-state index contributed by atoms with van der Waals surface area (Å²) in [7, 11) is 0. The molecule has 2 aromatic rings. The van der Waals surface area contributed by atoms with E-state index in [0.717, 1.165) is 11.1 Å². The number of anilines is 1. The Bertz CT molecular complexity index is 716. The molecule has 1 N–H and O–H groups in total. The monoisotopic (exact) mass is 351 g/mol. The molecule has 3 nitrogen and oxygen atoms in total. The predicted molar refractivity (Wildman–Crippen MR) is 95.7 cm³/mol. The molecule has 0 bridgehead atoms. The molecule has 0 aromatic heterocycles. The summed E-state index contributed by atoms with van der Waals surface area (Å²) in [5.41, 5.74) is 2.54. The Kier molecular flexibility index (Phi) is 5.91. The summed E-state index contributed by atoms with van der Waals surface area (Å²) in [4.78, 5) is 12.5. The smallest absolute Gasteiger partial charge is 0.265 e. The van der Waals surface area contributed by atoms with Crippen molar-refractivity contribution in [2.75, 3.05) is 5.32 Å². The molecule has 2 rings (SSSR count). The van der Waals surface area contributed by atoms with Crippen LogP contribution in [0.25, 0.3) is 0 Å². The molecular weight excluding hydrogens is 333 g/mol. The van der Waals surface area contributed by atoms with Crippen molar-refractivity contribution < 1.29 is 9.53 Å². The maximum Gasteiger partial charge on any atom is 0.265 e. The van der Waals surface area contributed by atoms with Gasteiger partial charge in [-0.2, -0.15) is 0 Å². The van der Waals surface area contributed by atoms with E-state index in [0.29, 0.717) is 27.9 Å². The number of nitrogens with one attached hydrogen (secondary N) is 1. The van der Waals surface area contributed by atoms with E-state index in [2.05, 4.69) is 5.32 Å². The van der Waals surface area contributed by atoms with Crippen molar-refractivity contribution in [1.82, 2.24) is 0 Å². The van der Waals surface area contributed by atoms with Crippen LogP contribution in [0.15, 0.2) is 36.4 Å². The fourth-order valence-electron chi connectivity index (χ4n) is 2.12. The highest BCUT2D eigenvalue weighted by molar-refractivity contribution is 6.31. The highest BCUT2D eigenvalue weighted by Crippen LogP contribution is 2.24. The van der Waals surface area contributed by atoms with E-state index in [1.807, 2.05) is 32.9 Å². The lowest BCUT2D eigenvalue weighted by Gasteiger charge is -2.18. The molecule has 0 saturated carbocycles. The molecule has 2 aromatic carbocycles. The van der Waals surface area contributed by atoms with Crippen molar-refractivity contribution in [3.63, 3.8) is 0 Å². The van der Waals surface area contributed by atoms with Crippen LogP contribution in [0.2, 0.25) is 10.0 Å². The number of hydrogen-bond donors (Lipinski definition) is 1. The molecule has 0 saturated heterocycles. The Hall–Kier alpha value is -1.71. The van der Waals surface area contributed by atoms with Gasteiger partial charge in [0, 0.05) is 15.7 Å². The van der Waals surface area contributed by atoms with Crippen molar-refractivity contribution in [3.05, 3.63) is 57.6 Å². The molecule has 0 radical (unpaired) electrons. The molecule has 0 aliphatic carbocycles. The average Bonchev–Trinajstić information content (AvgIpc) is 2.51. The number of carbonyl (C=O) groups excluding carboxylic acids is 1. The Morgan fingerprint density at radius 2 is 1.87 bits per heavy atom. The molecule has 1 unspecified atom stereocenters. The number of hydrogen-bond acceptors (Lipinski definition) is 2.